The summed E-state index contributed by atoms with van der Waals surface area (Å²) in [6, 6.07) is 1.96. The minimum atomic E-state index is -0.469. The lowest BCUT2D eigenvalue weighted by molar-refractivity contribution is -0.181. The maximum atomic E-state index is 12.8. The number of hydrogen-bond donors (Lipinski definition) is 1. The molecule has 1 spiro atoms. The first-order chi connectivity index (χ1) is 12.2. The van der Waals surface area contributed by atoms with Gasteiger partial charge in [0.25, 0.3) is 0 Å². The number of carbonyl (C=O) groups is 1. The number of rotatable bonds is 1. The zero-order chi connectivity index (χ0) is 16.9. The number of ether oxygens (including phenoxy) is 4. The van der Waals surface area contributed by atoms with E-state index in [4.69, 9.17) is 18.9 Å². The molecule has 2 saturated heterocycles. The van der Waals surface area contributed by atoms with Crippen molar-refractivity contribution in [1.29, 1.82) is 0 Å². The summed E-state index contributed by atoms with van der Waals surface area (Å²) in [6.45, 7) is 3.85. The van der Waals surface area contributed by atoms with E-state index in [1.807, 2.05) is 4.90 Å². The molecule has 4 aliphatic rings. The lowest BCUT2D eigenvalue weighted by atomic mass is 10.0. The Kier molecular flexibility index (Phi) is 3.53. The van der Waals surface area contributed by atoms with E-state index in [1.54, 1.807) is 0 Å². The van der Waals surface area contributed by atoms with Crippen LogP contribution in [0.3, 0.4) is 0 Å². The van der Waals surface area contributed by atoms with Gasteiger partial charge < -0.3 is 29.2 Å². The fourth-order valence-corrected chi connectivity index (χ4v) is 4.14. The van der Waals surface area contributed by atoms with Gasteiger partial charge in [0.1, 0.15) is 11.5 Å². The summed E-state index contributed by atoms with van der Waals surface area (Å²) in [6.07, 6.45) is 3.08. The summed E-state index contributed by atoms with van der Waals surface area (Å²) >= 11 is 0. The number of nitrogens with one attached hydrogen (secondary N) is 1. The summed E-state index contributed by atoms with van der Waals surface area (Å²) < 4.78 is 23.0. The van der Waals surface area contributed by atoms with Gasteiger partial charge in [-0.2, -0.15) is 0 Å². The number of nitrogens with zero attached hydrogens (tertiary/aromatic N) is 1. The van der Waals surface area contributed by atoms with Crippen molar-refractivity contribution in [2.24, 2.45) is 0 Å². The van der Waals surface area contributed by atoms with Crippen molar-refractivity contribution in [3.63, 3.8) is 0 Å². The molecule has 0 saturated carbocycles. The Morgan fingerprint density at radius 3 is 2.60 bits per heavy atom. The molecule has 7 heteroatoms. The largest absolute Gasteiger partial charge is 0.493 e. The van der Waals surface area contributed by atoms with Crippen molar-refractivity contribution in [2.75, 3.05) is 44.8 Å². The van der Waals surface area contributed by atoms with Crippen LogP contribution in [-0.2, 0) is 22.3 Å². The van der Waals surface area contributed by atoms with Crippen LogP contribution in [0.4, 0.5) is 10.5 Å². The maximum Gasteiger partial charge on any atom is 0.321 e. The topological polar surface area (TPSA) is 69.3 Å². The van der Waals surface area contributed by atoms with E-state index in [0.29, 0.717) is 52.4 Å². The van der Waals surface area contributed by atoms with Gasteiger partial charge in [0.05, 0.1) is 32.1 Å². The highest BCUT2D eigenvalue weighted by Crippen LogP contribution is 2.44. The predicted molar refractivity (Wildman–Crippen MR) is 89.3 cm³/mol. The Morgan fingerprint density at radius 2 is 1.80 bits per heavy atom. The monoisotopic (exact) mass is 346 g/mol. The first-order valence-electron chi connectivity index (χ1n) is 9.02. The maximum absolute atomic E-state index is 12.8. The Bertz CT molecular complexity index is 672. The van der Waals surface area contributed by atoms with Gasteiger partial charge in [0.15, 0.2) is 5.79 Å². The minimum absolute atomic E-state index is 0.0918. The van der Waals surface area contributed by atoms with E-state index in [-0.39, 0.29) is 6.03 Å². The molecule has 0 radical (unpaired) electrons. The van der Waals surface area contributed by atoms with Crippen molar-refractivity contribution in [2.45, 2.75) is 31.5 Å². The number of likely N-dealkylation sites (tertiary alicyclic amines) is 1. The first-order valence-corrected chi connectivity index (χ1v) is 9.02. The van der Waals surface area contributed by atoms with Crippen LogP contribution in [0.1, 0.15) is 24.0 Å². The van der Waals surface area contributed by atoms with Gasteiger partial charge >= 0.3 is 6.03 Å². The lowest BCUT2D eigenvalue weighted by Gasteiger charge is -2.37. The van der Waals surface area contributed by atoms with Gasteiger partial charge in [-0.3, -0.25) is 0 Å². The zero-order valence-electron chi connectivity index (χ0n) is 14.1. The highest BCUT2D eigenvalue weighted by atomic mass is 16.7. The molecule has 0 atom stereocenters. The Balaban J connectivity index is 1.34. The van der Waals surface area contributed by atoms with Gasteiger partial charge in [-0.1, -0.05) is 0 Å². The van der Waals surface area contributed by atoms with Gasteiger partial charge in [-0.25, -0.2) is 4.79 Å². The second kappa shape index (κ2) is 5.78. The van der Waals surface area contributed by atoms with Crippen molar-refractivity contribution < 1.29 is 23.7 Å². The Labute approximate surface area is 146 Å². The highest BCUT2D eigenvalue weighted by Gasteiger charge is 2.41. The molecular formula is C18H22N2O5. The molecule has 7 nitrogen and oxygen atoms in total. The van der Waals surface area contributed by atoms with Crippen LogP contribution in [0.15, 0.2) is 6.07 Å². The van der Waals surface area contributed by atoms with Crippen molar-refractivity contribution in [3.8, 4) is 11.5 Å². The number of amides is 2. The molecule has 1 aromatic carbocycles. The number of fused-ring (bicyclic) bond motifs is 2. The van der Waals surface area contributed by atoms with Gasteiger partial charge in [0.2, 0.25) is 0 Å². The molecule has 1 N–H and O–H groups in total. The summed E-state index contributed by atoms with van der Waals surface area (Å²) in [7, 11) is 0. The molecule has 4 aliphatic heterocycles. The Morgan fingerprint density at radius 1 is 1.04 bits per heavy atom. The Hall–Kier alpha value is -1.99. The molecule has 5 rings (SSSR count). The molecule has 0 aliphatic carbocycles. The van der Waals surface area contributed by atoms with Crippen molar-refractivity contribution in [3.05, 3.63) is 17.2 Å². The average Bonchev–Trinajstić information content (AvgIpc) is 3.36. The molecule has 1 aromatic rings. The normalized spacial score (nSPS) is 23.1. The third kappa shape index (κ3) is 2.53. The zero-order valence-corrected chi connectivity index (χ0v) is 14.1. The third-order valence-corrected chi connectivity index (χ3v) is 5.51. The van der Waals surface area contributed by atoms with Crippen LogP contribution < -0.4 is 14.8 Å². The molecule has 2 amide bonds. The molecule has 0 unspecified atom stereocenters. The van der Waals surface area contributed by atoms with Gasteiger partial charge in [-0.15, -0.1) is 0 Å². The highest BCUT2D eigenvalue weighted by molar-refractivity contribution is 5.93. The van der Waals surface area contributed by atoms with Crippen LogP contribution >= 0.6 is 0 Å². The van der Waals surface area contributed by atoms with Crippen LogP contribution in [0.25, 0.3) is 0 Å². The smallest absolute Gasteiger partial charge is 0.321 e. The molecule has 4 heterocycles. The quantitative estimate of drug-likeness (QED) is 0.841. The van der Waals surface area contributed by atoms with Crippen LogP contribution in [0, 0.1) is 0 Å². The number of piperidine rings is 1. The van der Waals surface area contributed by atoms with Crippen molar-refractivity contribution in [1.82, 2.24) is 4.90 Å². The molecule has 25 heavy (non-hydrogen) atoms. The van der Waals surface area contributed by atoms with Gasteiger partial charge in [-0.05, 0) is 6.07 Å². The summed E-state index contributed by atoms with van der Waals surface area (Å²) in [5, 5.41) is 3.09. The van der Waals surface area contributed by atoms with Crippen LogP contribution in [0.5, 0.6) is 11.5 Å². The molecule has 134 valence electrons. The number of carbonyl (C=O) groups excluding carboxylic acids is 1. The van der Waals surface area contributed by atoms with Crippen LogP contribution in [-0.4, -0.2) is 56.2 Å². The first kappa shape index (κ1) is 15.3. The number of anilines is 1. The lowest BCUT2D eigenvalue weighted by Crippen LogP contribution is -2.48. The fraction of sp³-hybridized carbons (Fsp3) is 0.611. The number of benzene rings is 1. The van der Waals surface area contributed by atoms with E-state index >= 15 is 0 Å². The molecule has 0 bridgehead atoms. The van der Waals surface area contributed by atoms with E-state index in [2.05, 4.69) is 11.4 Å². The van der Waals surface area contributed by atoms with Gasteiger partial charge in [0, 0.05) is 49.9 Å². The molecule has 2 fully saturated rings. The van der Waals surface area contributed by atoms with Crippen LogP contribution in [0.2, 0.25) is 0 Å². The summed E-state index contributed by atoms with van der Waals surface area (Å²) in [4.78, 5) is 14.6. The second-order valence-corrected chi connectivity index (χ2v) is 6.94. The van der Waals surface area contributed by atoms with E-state index in [0.717, 1.165) is 41.2 Å². The molecular weight excluding hydrogens is 324 g/mol. The minimum Gasteiger partial charge on any atom is -0.493 e. The second-order valence-electron chi connectivity index (χ2n) is 6.94. The number of hydrogen-bond acceptors (Lipinski definition) is 5. The van der Waals surface area contributed by atoms with E-state index < -0.39 is 5.79 Å². The van der Waals surface area contributed by atoms with E-state index in [9.17, 15) is 4.79 Å². The number of urea groups is 1. The fourth-order valence-electron chi connectivity index (χ4n) is 4.14. The third-order valence-electron chi connectivity index (χ3n) is 5.51. The predicted octanol–water partition coefficient (Wildman–Crippen LogP) is 1.93. The standard InChI is InChI=1S/C18H22N2O5/c21-17(20-5-3-18(4-6-20)24-9-10-25-18)19-15-13-2-8-22-14(13)11-12-1-7-23-16(12)15/h11H,1-10H2,(H,19,21). The average molecular weight is 346 g/mol. The van der Waals surface area contributed by atoms with Crippen molar-refractivity contribution >= 4 is 11.7 Å². The summed E-state index contributed by atoms with van der Waals surface area (Å²) in [5.41, 5.74) is 2.95. The summed E-state index contributed by atoms with van der Waals surface area (Å²) in [5.74, 6) is 1.22. The molecule has 0 aromatic heterocycles. The van der Waals surface area contributed by atoms with E-state index in [1.165, 1.54) is 0 Å². The SMILES string of the molecule is O=C(Nc1c2c(cc3c1OCC3)OCC2)N1CCC2(CC1)OCCO2.